The number of hydrogen-bond donors (Lipinski definition) is 0. The summed E-state index contributed by atoms with van der Waals surface area (Å²) in [4.78, 5) is -2.89. The molecule has 0 amide bonds. The van der Waals surface area contributed by atoms with Crippen molar-refractivity contribution >= 4 is 19.7 Å². The maximum Gasteiger partial charge on any atom is 0.259 e. The summed E-state index contributed by atoms with van der Waals surface area (Å²) in [5.41, 5.74) is 0. The molecule has 0 radical (unpaired) electrons. The van der Waals surface area contributed by atoms with E-state index in [1.807, 2.05) is 0 Å². The quantitative estimate of drug-likeness (QED) is 0.630. The van der Waals surface area contributed by atoms with Crippen LogP contribution < -0.4 is 0 Å². The van der Waals surface area contributed by atoms with Gasteiger partial charge in [0.25, 0.3) is 9.05 Å². The zero-order valence-corrected chi connectivity index (χ0v) is 8.16. The Hall–Kier alpha value is -0.630. The minimum absolute atomic E-state index is 0.306. The zero-order chi connectivity index (χ0) is 12.1. The zero-order valence-electron chi connectivity index (χ0n) is 6.59. The summed E-state index contributed by atoms with van der Waals surface area (Å²) in [6.07, 6.45) is 0. The van der Waals surface area contributed by atoms with Crippen molar-refractivity contribution in [1.82, 2.24) is 0 Å². The van der Waals surface area contributed by atoms with Crippen LogP contribution in [-0.4, -0.2) is 0 Å². The lowest BCUT2D eigenvalue weighted by Gasteiger charge is -2.42. The molecule has 0 N–H and O–H groups in total. The van der Waals surface area contributed by atoms with E-state index in [-0.39, 0.29) is 12.1 Å². The van der Waals surface area contributed by atoms with Crippen LogP contribution in [0, 0.1) is 17.5 Å². The van der Waals surface area contributed by atoms with E-state index in [1.165, 1.54) is 0 Å². The summed E-state index contributed by atoms with van der Waals surface area (Å²) < 4.78 is 87.2. The number of benzene rings is 1. The first-order chi connectivity index (χ1) is 6.31. The van der Waals surface area contributed by atoms with Gasteiger partial charge in [-0.1, -0.05) is 0 Å². The van der Waals surface area contributed by atoms with E-state index in [0.29, 0.717) is 0 Å². The lowest BCUT2D eigenvalue weighted by molar-refractivity contribution is 0.434. The second-order valence-electron chi connectivity index (χ2n) is 2.67. The molecular weight excluding hydrogens is 273 g/mol. The van der Waals surface area contributed by atoms with Crippen molar-refractivity contribution in [2.45, 2.75) is 4.90 Å². The summed E-state index contributed by atoms with van der Waals surface area (Å²) in [5, 5.41) is 0. The van der Waals surface area contributed by atoms with E-state index in [1.54, 1.807) is 0 Å². The van der Waals surface area contributed by atoms with Crippen molar-refractivity contribution in [2.75, 3.05) is 0 Å². The van der Waals surface area contributed by atoms with Gasteiger partial charge in [0.1, 0.15) is 17.5 Å². The molecule has 0 saturated carbocycles. The molecule has 0 spiro atoms. The first kappa shape index (κ1) is 12.4. The highest BCUT2D eigenvalue weighted by molar-refractivity contribution is 8.65. The van der Waals surface area contributed by atoms with Crippen molar-refractivity contribution in [2.24, 2.45) is 0 Å². The molecule has 15 heavy (non-hydrogen) atoms. The largest absolute Gasteiger partial charge is 0.259 e. The third-order valence-corrected chi connectivity index (χ3v) is 2.97. The highest BCUT2D eigenvalue weighted by atomic mass is 35.7. The standard InChI is InChI=1S/C6H2ClF7S/c7-15(11,12,13,14)6-4(9)1-3(8)2-5(6)10/h1-2H. The van der Waals surface area contributed by atoms with Gasteiger partial charge in [-0.05, 0) is 0 Å². The summed E-state index contributed by atoms with van der Waals surface area (Å²) in [6, 6.07) is -0.613. The third-order valence-electron chi connectivity index (χ3n) is 1.35. The van der Waals surface area contributed by atoms with Crippen LogP contribution in [0.2, 0.25) is 0 Å². The minimum Gasteiger partial charge on any atom is -0.207 e. The average molecular weight is 275 g/mol. The summed E-state index contributed by atoms with van der Waals surface area (Å²) in [5.74, 6) is -6.47. The third kappa shape index (κ3) is 2.69. The van der Waals surface area contributed by atoms with E-state index in [0.717, 1.165) is 0 Å². The molecule has 9 heteroatoms. The lowest BCUT2D eigenvalue weighted by atomic mass is 10.3. The molecule has 1 aromatic carbocycles. The minimum atomic E-state index is -9.50. The first-order valence-electron chi connectivity index (χ1n) is 3.20. The smallest absolute Gasteiger partial charge is 0.207 e. The Balaban J connectivity index is 3.69. The molecule has 0 aromatic heterocycles. The second kappa shape index (κ2) is 2.54. The van der Waals surface area contributed by atoms with Crippen LogP contribution in [0.1, 0.15) is 0 Å². The molecule has 0 aliphatic heterocycles. The van der Waals surface area contributed by atoms with Crippen molar-refractivity contribution < 1.29 is 28.7 Å². The normalized spacial score (nSPS) is 17.1. The van der Waals surface area contributed by atoms with Crippen LogP contribution in [0.3, 0.4) is 0 Å². The van der Waals surface area contributed by atoms with E-state index < -0.39 is 31.4 Å². The molecule has 0 fully saturated rings. The van der Waals surface area contributed by atoms with Gasteiger partial charge in [-0.15, -0.1) is 15.5 Å². The van der Waals surface area contributed by atoms with Gasteiger partial charge in [-0.25, -0.2) is 13.2 Å². The Morgan fingerprint density at radius 3 is 1.47 bits per heavy atom. The van der Waals surface area contributed by atoms with Gasteiger partial charge in [0.05, 0.1) is 0 Å². The fourth-order valence-corrected chi connectivity index (χ4v) is 2.19. The van der Waals surface area contributed by atoms with Gasteiger partial charge in [0, 0.05) is 22.8 Å². The van der Waals surface area contributed by atoms with Crippen LogP contribution in [0.25, 0.3) is 0 Å². The Bertz CT molecular complexity index is 399. The number of halogens is 8. The average Bonchev–Trinajstić information content (AvgIpc) is 1.74. The van der Waals surface area contributed by atoms with Crippen molar-refractivity contribution in [1.29, 1.82) is 0 Å². The molecule has 1 rings (SSSR count). The Kier molecular flexibility index (Phi) is 2.11. The number of hydrogen-bond acceptors (Lipinski definition) is 0. The predicted octanol–water partition coefficient (Wildman–Crippen LogP) is 5.03. The van der Waals surface area contributed by atoms with E-state index in [2.05, 4.69) is 10.7 Å². The monoisotopic (exact) mass is 274 g/mol. The van der Waals surface area contributed by atoms with E-state index in [4.69, 9.17) is 0 Å². The maximum atomic E-state index is 12.6. The SMILES string of the molecule is Fc1cc(F)c(S(F)(F)(F)(F)Cl)c(F)c1. The molecule has 0 unspecified atom stereocenters. The van der Waals surface area contributed by atoms with Crippen LogP contribution in [-0.2, 0) is 0 Å². The highest BCUT2D eigenvalue weighted by Gasteiger charge is 2.66. The molecule has 0 heterocycles. The summed E-state index contributed by atoms with van der Waals surface area (Å²) >= 11 is 0. The Morgan fingerprint density at radius 2 is 1.20 bits per heavy atom. The molecule has 0 aliphatic carbocycles. The van der Waals surface area contributed by atoms with Gasteiger partial charge in [-0.3, -0.25) is 0 Å². The molecule has 1 aromatic rings. The molecule has 0 atom stereocenters. The molecule has 0 aliphatic rings. The maximum absolute atomic E-state index is 12.6. The fraction of sp³-hybridized carbons (Fsp3) is 0. The first-order valence-corrected chi connectivity index (χ1v) is 6.07. The molecule has 0 saturated heterocycles. The van der Waals surface area contributed by atoms with Crippen molar-refractivity contribution in [3.8, 4) is 0 Å². The van der Waals surface area contributed by atoms with Crippen LogP contribution >= 0.6 is 19.7 Å². The fourth-order valence-electron chi connectivity index (χ4n) is 0.897. The van der Waals surface area contributed by atoms with Crippen molar-refractivity contribution in [3.05, 3.63) is 29.6 Å². The molecule has 0 nitrogen and oxygen atoms in total. The van der Waals surface area contributed by atoms with Gasteiger partial charge in [0.2, 0.25) is 0 Å². The second-order valence-corrected chi connectivity index (χ2v) is 6.88. The van der Waals surface area contributed by atoms with Crippen LogP contribution in [0.4, 0.5) is 28.7 Å². The van der Waals surface area contributed by atoms with Crippen LogP contribution in [0.15, 0.2) is 17.0 Å². The molecular formula is C6H2ClF7S. The highest BCUT2D eigenvalue weighted by Crippen LogP contribution is 3.04. The van der Waals surface area contributed by atoms with Gasteiger partial charge >= 0.3 is 0 Å². The van der Waals surface area contributed by atoms with Gasteiger partial charge < -0.3 is 0 Å². The molecule has 0 bridgehead atoms. The Morgan fingerprint density at radius 1 is 0.867 bits per heavy atom. The van der Waals surface area contributed by atoms with Gasteiger partial charge in [-0.2, -0.15) is 0 Å². The summed E-state index contributed by atoms with van der Waals surface area (Å²) in [6.45, 7) is 0. The predicted molar refractivity (Wildman–Crippen MR) is 42.5 cm³/mol. The topological polar surface area (TPSA) is 0 Å². The number of rotatable bonds is 1. The summed E-state index contributed by atoms with van der Waals surface area (Å²) in [7, 11) is -5.81. The Labute approximate surface area is 83.6 Å². The van der Waals surface area contributed by atoms with E-state index in [9.17, 15) is 28.7 Å². The van der Waals surface area contributed by atoms with Crippen molar-refractivity contribution in [3.63, 3.8) is 0 Å². The van der Waals surface area contributed by atoms with E-state index >= 15 is 0 Å². The van der Waals surface area contributed by atoms with Gasteiger partial charge in [0.15, 0.2) is 4.90 Å². The van der Waals surface area contributed by atoms with Crippen LogP contribution in [0.5, 0.6) is 0 Å². The lowest BCUT2D eigenvalue weighted by Crippen LogP contribution is -2.10. The molecule has 88 valence electrons.